The van der Waals surface area contributed by atoms with Gasteiger partial charge in [0, 0.05) is 17.0 Å². The summed E-state index contributed by atoms with van der Waals surface area (Å²) >= 11 is 1.63. The number of aromatic nitrogens is 3. The topological polar surface area (TPSA) is 54.5 Å². The average molecular weight is 382 g/mol. The summed E-state index contributed by atoms with van der Waals surface area (Å²) in [5.41, 5.74) is 5.09. The van der Waals surface area contributed by atoms with E-state index in [0.29, 0.717) is 5.56 Å². The Morgan fingerprint density at radius 1 is 0.893 bits per heavy atom. The van der Waals surface area contributed by atoms with Crippen molar-refractivity contribution in [3.05, 3.63) is 95.6 Å². The second-order valence-corrected chi connectivity index (χ2v) is 7.38. The molecule has 0 saturated heterocycles. The lowest BCUT2D eigenvalue weighted by Gasteiger charge is -2.11. The van der Waals surface area contributed by atoms with E-state index in [1.807, 2.05) is 54.6 Å². The quantitative estimate of drug-likeness (QED) is 0.433. The van der Waals surface area contributed by atoms with E-state index < -0.39 is 0 Å². The van der Waals surface area contributed by atoms with Crippen molar-refractivity contribution in [2.24, 2.45) is 0 Å². The molecule has 0 radical (unpaired) electrons. The van der Waals surface area contributed by atoms with Crippen LogP contribution in [0.4, 0.5) is 0 Å². The van der Waals surface area contributed by atoms with Crippen molar-refractivity contribution in [3.63, 3.8) is 0 Å². The first kappa shape index (κ1) is 18.0. The SMILES string of the molecule is Cc1ccc(-n2c(SCc3ccc(C#N)cc3)nnc2-c2ccccc2)cc1. The van der Waals surface area contributed by atoms with E-state index in [9.17, 15) is 0 Å². The summed E-state index contributed by atoms with van der Waals surface area (Å²) in [5.74, 6) is 1.58. The first-order valence-electron chi connectivity index (χ1n) is 8.94. The zero-order chi connectivity index (χ0) is 19.3. The van der Waals surface area contributed by atoms with Crippen LogP contribution < -0.4 is 0 Å². The van der Waals surface area contributed by atoms with E-state index in [0.717, 1.165) is 33.5 Å². The van der Waals surface area contributed by atoms with Gasteiger partial charge in [-0.25, -0.2) is 0 Å². The molecule has 0 amide bonds. The van der Waals surface area contributed by atoms with Crippen LogP contribution in [0.2, 0.25) is 0 Å². The molecule has 0 bridgehead atoms. The number of hydrogen-bond acceptors (Lipinski definition) is 4. The maximum Gasteiger partial charge on any atom is 0.196 e. The average Bonchev–Trinajstić information content (AvgIpc) is 3.18. The molecule has 0 N–H and O–H groups in total. The first-order valence-corrected chi connectivity index (χ1v) is 9.93. The fourth-order valence-electron chi connectivity index (χ4n) is 2.89. The van der Waals surface area contributed by atoms with Gasteiger partial charge in [0.05, 0.1) is 11.6 Å². The fourth-order valence-corrected chi connectivity index (χ4v) is 3.80. The van der Waals surface area contributed by atoms with Crippen LogP contribution in [0.3, 0.4) is 0 Å². The van der Waals surface area contributed by atoms with Gasteiger partial charge in [0.1, 0.15) is 0 Å². The van der Waals surface area contributed by atoms with E-state index in [1.165, 1.54) is 5.56 Å². The Kier molecular flexibility index (Phi) is 5.22. The highest BCUT2D eigenvalue weighted by Gasteiger charge is 2.16. The zero-order valence-corrected chi connectivity index (χ0v) is 16.2. The van der Waals surface area contributed by atoms with E-state index in [2.05, 4.69) is 52.0 Å². The van der Waals surface area contributed by atoms with Crippen LogP contribution in [-0.4, -0.2) is 14.8 Å². The summed E-state index contributed by atoms with van der Waals surface area (Å²) < 4.78 is 2.10. The molecule has 1 heterocycles. The van der Waals surface area contributed by atoms with Crippen molar-refractivity contribution < 1.29 is 0 Å². The molecule has 1 aromatic heterocycles. The molecule has 4 rings (SSSR count). The van der Waals surface area contributed by atoms with Crippen molar-refractivity contribution in [2.45, 2.75) is 17.8 Å². The Morgan fingerprint density at radius 2 is 1.61 bits per heavy atom. The van der Waals surface area contributed by atoms with E-state index in [4.69, 9.17) is 5.26 Å². The first-order chi connectivity index (χ1) is 13.7. The van der Waals surface area contributed by atoms with Crippen molar-refractivity contribution in [1.82, 2.24) is 14.8 Å². The molecule has 0 saturated carbocycles. The maximum absolute atomic E-state index is 8.95. The minimum atomic E-state index is 0.669. The molecule has 0 aliphatic rings. The Hall–Kier alpha value is -3.36. The lowest BCUT2D eigenvalue weighted by atomic mass is 10.2. The number of nitriles is 1. The van der Waals surface area contributed by atoms with E-state index >= 15 is 0 Å². The lowest BCUT2D eigenvalue weighted by molar-refractivity contribution is 0.885. The smallest absolute Gasteiger partial charge is 0.196 e. The van der Waals surface area contributed by atoms with Crippen LogP contribution in [0.5, 0.6) is 0 Å². The van der Waals surface area contributed by atoms with Crippen LogP contribution in [0.1, 0.15) is 16.7 Å². The van der Waals surface area contributed by atoms with Gasteiger partial charge in [-0.15, -0.1) is 10.2 Å². The predicted molar refractivity (Wildman–Crippen MR) is 112 cm³/mol. The third kappa shape index (κ3) is 3.83. The van der Waals surface area contributed by atoms with Gasteiger partial charge >= 0.3 is 0 Å². The second-order valence-electron chi connectivity index (χ2n) is 6.44. The molecule has 0 fully saturated rings. The fraction of sp³-hybridized carbons (Fsp3) is 0.0870. The van der Waals surface area contributed by atoms with Gasteiger partial charge in [-0.05, 0) is 36.8 Å². The lowest BCUT2D eigenvalue weighted by Crippen LogP contribution is -2.00. The molecule has 136 valence electrons. The highest BCUT2D eigenvalue weighted by Crippen LogP contribution is 2.29. The molecule has 0 atom stereocenters. The molecule has 5 heteroatoms. The van der Waals surface area contributed by atoms with Gasteiger partial charge in [-0.2, -0.15) is 5.26 Å². The van der Waals surface area contributed by atoms with Crippen molar-refractivity contribution >= 4 is 11.8 Å². The molecule has 3 aromatic carbocycles. The number of aryl methyl sites for hydroxylation is 1. The van der Waals surface area contributed by atoms with Crippen LogP contribution in [0, 0.1) is 18.3 Å². The van der Waals surface area contributed by atoms with Gasteiger partial charge in [0.25, 0.3) is 0 Å². The zero-order valence-electron chi connectivity index (χ0n) is 15.4. The number of thioether (sulfide) groups is 1. The second kappa shape index (κ2) is 8.12. The predicted octanol–water partition coefficient (Wildman–Crippen LogP) is 5.41. The summed E-state index contributed by atoms with van der Waals surface area (Å²) in [6.45, 7) is 2.08. The van der Waals surface area contributed by atoms with Crippen LogP contribution in [0.15, 0.2) is 84.0 Å². The number of benzene rings is 3. The van der Waals surface area contributed by atoms with E-state index in [1.54, 1.807) is 11.8 Å². The summed E-state index contributed by atoms with van der Waals surface area (Å²) in [5, 5.41) is 18.7. The van der Waals surface area contributed by atoms with Gasteiger partial charge in [0.2, 0.25) is 0 Å². The van der Waals surface area contributed by atoms with Gasteiger partial charge in [0.15, 0.2) is 11.0 Å². The number of hydrogen-bond donors (Lipinski definition) is 0. The molecule has 0 unspecified atom stereocenters. The summed E-state index contributed by atoms with van der Waals surface area (Å²) in [4.78, 5) is 0. The molecule has 0 aliphatic carbocycles. The van der Waals surface area contributed by atoms with Crippen molar-refractivity contribution in [1.29, 1.82) is 5.26 Å². The Labute approximate surface area is 168 Å². The largest absolute Gasteiger partial charge is 0.270 e. The number of nitrogens with zero attached hydrogens (tertiary/aromatic N) is 4. The van der Waals surface area contributed by atoms with Crippen LogP contribution in [0.25, 0.3) is 17.1 Å². The Bertz CT molecular complexity index is 1110. The van der Waals surface area contributed by atoms with Crippen molar-refractivity contribution in [3.8, 4) is 23.1 Å². The van der Waals surface area contributed by atoms with Crippen LogP contribution >= 0.6 is 11.8 Å². The summed E-state index contributed by atoms with van der Waals surface area (Å²) in [6, 6.07) is 28.3. The molecule has 28 heavy (non-hydrogen) atoms. The third-order valence-corrected chi connectivity index (χ3v) is 5.41. The minimum absolute atomic E-state index is 0.669. The summed E-state index contributed by atoms with van der Waals surface area (Å²) in [6.07, 6.45) is 0. The van der Waals surface area contributed by atoms with Gasteiger partial charge in [-0.1, -0.05) is 71.9 Å². The standard InChI is InChI=1S/C23H18N4S/c1-17-7-13-21(14-8-17)27-22(20-5-3-2-4-6-20)25-26-23(27)28-16-19-11-9-18(15-24)10-12-19/h2-14H,16H2,1H3. The molecule has 4 aromatic rings. The Balaban J connectivity index is 1.69. The summed E-state index contributed by atoms with van der Waals surface area (Å²) in [7, 11) is 0. The monoisotopic (exact) mass is 382 g/mol. The highest BCUT2D eigenvalue weighted by molar-refractivity contribution is 7.98. The Morgan fingerprint density at radius 3 is 2.29 bits per heavy atom. The highest BCUT2D eigenvalue weighted by atomic mass is 32.2. The number of rotatable bonds is 5. The maximum atomic E-state index is 8.95. The molecule has 4 nitrogen and oxygen atoms in total. The normalized spacial score (nSPS) is 10.6. The molecule has 0 aliphatic heterocycles. The molecular weight excluding hydrogens is 364 g/mol. The molecular formula is C23H18N4S. The third-order valence-electron chi connectivity index (χ3n) is 4.41. The van der Waals surface area contributed by atoms with Gasteiger partial charge in [-0.3, -0.25) is 4.57 Å². The molecule has 0 spiro atoms. The van der Waals surface area contributed by atoms with E-state index in [-0.39, 0.29) is 0 Å². The minimum Gasteiger partial charge on any atom is -0.270 e. The van der Waals surface area contributed by atoms with Crippen molar-refractivity contribution in [2.75, 3.05) is 0 Å². The van der Waals surface area contributed by atoms with Crippen LogP contribution in [-0.2, 0) is 5.75 Å². The van der Waals surface area contributed by atoms with Gasteiger partial charge < -0.3 is 0 Å².